The zero-order chi connectivity index (χ0) is 38.0. The van der Waals surface area contributed by atoms with E-state index in [1.54, 1.807) is 4.90 Å². The molecule has 8 unspecified atom stereocenters. The predicted molar refractivity (Wildman–Crippen MR) is 185 cm³/mol. The summed E-state index contributed by atoms with van der Waals surface area (Å²) >= 11 is 0. The maximum absolute atomic E-state index is 14.2. The van der Waals surface area contributed by atoms with E-state index in [-0.39, 0.29) is 24.3 Å². The second-order valence-electron chi connectivity index (χ2n) is 14.3. The Balaban J connectivity index is 0.000000384. The number of amides is 3. The SMILES string of the molecule is CN1CC(C(=O)NC2(C)OC3(O)C4CCCN4C(=O)C(Cc4ccccc4)N3C2=O)C=C2c3cccc4[nH]cc(c34)CC21.O=C(O)C(O)C(O)C(=O)O. The molecule has 3 saturated heterocycles. The summed E-state index contributed by atoms with van der Waals surface area (Å²) in [4.78, 5) is 69.8. The molecule has 1 aliphatic carbocycles. The van der Waals surface area contributed by atoms with Crippen LogP contribution in [0.2, 0.25) is 0 Å². The van der Waals surface area contributed by atoms with Crippen LogP contribution < -0.4 is 5.32 Å². The second kappa shape index (κ2) is 13.4. The molecule has 5 heterocycles. The van der Waals surface area contributed by atoms with Crippen molar-refractivity contribution >= 4 is 46.1 Å². The number of fused-ring (bicyclic) bond motifs is 5. The number of ether oxygens (including phenoxy) is 1. The first-order chi connectivity index (χ1) is 25.1. The van der Waals surface area contributed by atoms with Crippen LogP contribution in [0.5, 0.6) is 0 Å². The van der Waals surface area contributed by atoms with E-state index in [0.717, 1.165) is 28.6 Å². The molecule has 280 valence electrons. The number of carbonyl (C=O) groups excluding carboxylic acids is 3. The molecule has 5 aliphatic rings. The molecule has 3 amide bonds. The van der Waals surface area contributed by atoms with Gasteiger partial charge < -0.3 is 40.7 Å². The lowest BCUT2D eigenvalue weighted by atomic mass is 9.79. The third kappa shape index (κ3) is 6.05. The summed E-state index contributed by atoms with van der Waals surface area (Å²) in [6.07, 6.45) is 1.85. The van der Waals surface area contributed by atoms with Crippen LogP contribution in [-0.4, -0.2) is 137 Å². The molecule has 8 atom stereocenters. The number of aromatic amines is 1. The Morgan fingerprint density at radius 3 is 2.42 bits per heavy atom. The van der Waals surface area contributed by atoms with Crippen molar-refractivity contribution in [2.24, 2.45) is 5.92 Å². The van der Waals surface area contributed by atoms with Crippen molar-refractivity contribution in [2.45, 2.75) is 74.6 Å². The Bertz CT molecular complexity index is 2000. The lowest BCUT2D eigenvalue weighted by Gasteiger charge is -2.48. The largest absolute Gasteiger partial charge is 0.479 e. The third-order valence-corrected chi connectivity index (χ3v) is 10.9. The minimum Gasteiger partial charge on any atom is -0.479 e. The molecule has 3 fully saturated rings. The highest BCUT2D eigenvalue weighted by Crippen LogP contribution is 2.46. The summed E-state index contributed by atoms with van der Waals surface area (Å²) in [7, 11) is 2.02. The van der Waals surface area contributed by atoms with Crippen molar-refractivity contribution in [3.05, 3.63) is 77.5 Å². The van der Waals surface area contributed by atoms with Crippen LogP contribution in [0.3, 0.4) is 0 Å². The molecule has 16 nitrogen and oxygen atoms in total. The maximum Gasteiger partial charge on any atom is 0.335 e. The zero-order valence-electron chi connectivity index (χ0n) is 29.0. The summed E-state index contributed by atoms with van der Waals surface area (Å²) < 4.78 is 6.23. The first-order valence-corrected chi connectivity index (χ1v) is 17.4. The molecule has 0 saturated carbocycles. The second-order valence-corrected chi connectivity index (χ2v) is 14.3. The monoisotopic (exact) mass is 731 g/mol. The number of rotatable bonds is 7. The van der Waals surface area contributed by atoms with Crippen LogP contribution in [0.25, 0.3) is 16.5 Å². The minimum atomic E-state index is -2.27. The molecule has 0 spiro atoms. The molecular weight excluding hydrogens is 690 g/mol. The summed E-state index contributed by atoms with van der Waals surface area (Å²) in [5.74, 6) is -7.30. The average Bonchev–Trinajstić information content (AvgIpc) is 3.84. The van der Waals surface area contributed by atoms with Crippen molar-refractivity contribution in [2.75, 3.05) is 20.1 Å². The van der Waals surface area contributed by atoms with Gasteiger partial charge in [-0.15, -0.1) is 0 Å². The van der Waals surface area contributed by atoms with Gasteiger partial charge in [0.05, 0.1) is 5.92 Å². The number of carboxylic acids is 2. The highest BCUT2D eigenvalue weighted by Gasteiger charge is 2.70. The van der Waals surface area contributed by atoms with E-state index in [4.69, 9.17) is 25.2 Å². The number of carbonyl (C=O) groups is 5. The molecule has 3 aromatic rings. The number of aliphatic hydroxyl groups is 3. The van der Waals surface area contributed by atoms with E-state index >= 15 is 0 Å². The van der Waals surface area contributed by atoms with Gasteiger partial charge in [-0.1, -0.05) is 48.5 Å². The fraction of sp³-hybridized carbons (Fsp3) is 0.432. The van der Waals surface area contributed by atoms with Gasteiger partial charge in [0.25, 0.3) is 11.8 Å². The van der Waals surface area contributed by atoms with Gasteiger partial charge in [0.15, 0.2) is 12.2 Å². The fourth-order valence-electron chi connectivity index (χ4n) is 8.39. The number of aliphatic hydroxyl groups excluding tert-OH is 2. The molecular formula is C37H41N5O11. The van der Waals surface area contributed by atoms with Crippen molar-refractivity contribution in [1.82, 2.24) is 25.0 Å². The van der Waals surface area contributed by atoms with Gasteiger partial charge >= 0.3 is 11.9 Å². The standard InChI is InChI=1S/C33H35N5O5.C4H6O6/c1-32(35-29(39)21-15-23-22-10-6-11-24-28(22)20(17-34-24)16-25(23)36(2)18-21)31(41)38-26(14-19-8-4-3-5-9-19)30(40)37-13-7-12-27(37)33(38,42)43-32;5-1(3(7)8)2(6)4(9)10/h3-6,8-11,15,17,21,25-27,34,42H,7,12-14,16,18H2,1-2H3,(H,35,39);1-2,5-6H,(H,7,8)(H,9,10). The van der Waals surface area contributed by atoms with E-state index < -0.39 is 59.7 Å². The molecule has 7 N–H and O–H groups in total. The van der Waals surface area contributed by atoms with Crippen LogP contribution in [0.15, 0.2) is 60.8 Å². The Labute approximate surface area is 303 Å². The van der Waals surface area contributed by atoms with Gasteiger partial charge in [-0.05, 0) is 61.6 Å². The number of carboxylic acid groups (broad SMARTS) is 2. The summed E-state index contributed by atoms with van der Waals surface area (Å²) in [5, 5.41) is 48.6. The first-order valence-electron chi connectivity index (χ1n) is 17.4. The Morgan fingerprint density at radius 2 is 1.74 bits per heavy atom. The molecule has 0 radical (unpaired) electrons. The molecule has 53 heavy (non-hydrogen) atoms. The highest BCUT2D eigenvalue weighted by molar-refractivity contribution is 6.01. The number of nitrogens with one attached hydrogen (secondary N) is 2. The highest BCUT2D eigenvalue weighted by atomic mass is 16.7. The van der Waals surface area contributed by atoms with Gasteiger partial charge in [-0.2, -0.15) is 0 Å². The first kappa shape index (κ1) is 36.2. The van der Waals surface area contributed by atoms with Crippen LogP contribution in [0.1, 0.15) is 36.5 Å². The summed E-state index contributed by atoms with van der Waals surface area (Å²) in [6.45, 7) is 2.45. The quantitative estimate of drug-likeness (QED) is 0.168. The van der Waals surface area contributed by atoms with Gasteiger partial charge in [-0.25, -0.2) is 9.59 Å². The fourth-order valence-corrected chi connectivity index (χ4v) is 8.39. The van der Waals surface area contributed by atoms with Crippen molar-refractivity contribution < 1.29 is 54.2 Å². The van der Waals surface area contributed by atoms with Crippen LogP contribution in [0, 0.1) is 5.92 Å². The summed E-state index contributed by atoms with van der Waals surface area (Å²) in [6, 6.07) is 14.1. The van der Waals surface area contributed by atoms with E-state index in [1.807, 2.05) is 49.5 Å². The number of H-pyrrole nitrogens is 1. The zero-order valence-corrected chi connectivity index (χ0v) is 29.0. The van der Waals surface area contributed by atoms with Gasteiger partial charge in [0, 0.05) is 42.7 Å². The van der Waals surface area contributed by atoms with Gasteiger partial charge in [0.2, 0.25) is 17.5 Å². The number of piperazine rings is 1. The van der Waals surface area contributed by atoms with Crippen LogP contribution in [0.4, 0.5) is 0 Å². The topological polar surface area (TPSA) is 233 Å². The number of hydrogen-bond donors (Lipinski definition) is 7. The molecule has 2 aromatic carbocycles. The molecule has 0 bridgehead atoms. The van der Waals surface area contributed by atoms with E-state index in [9.17, 15) is 29.1 Å². The lowest BCUT2D eigenvalue weighted by molar-refractivity contribution is -0.315. The van der Waals surface area contributed by atoms with Crippen molar-refractivity contribution in [1.29, 1.82) is 0 Å². The molecule has 16 heteroatoms. The van der Waals surface area contributed by atoms with Crippen LogP contribution in [-0.2, 0) is 41.6 Å². The normalized spacial score (nSPS) is 30.0. The Hall–Kier alpha value is -5.13. The Kier molecular flexibility index (Phi) is 9.14. The smallest absolute Gasteiger partial charge is 0.335 e. The average molecular weight is 732 g/mol. The van der Waals surface area contributed by atoms with E-state index in [0.29, 0.717) is 25.9 Å². The Morgan fingerprint density at radius 1 is 1.04 bits per heavy atom. The number of benzene rings is 2. The maximum atomic E-state index is 14.2. The molecule has 1 aromatic heterocycles. The molecule has 8 rings (SSSR count). The van der Waals surface area contributed by atoms with Crippen LogP contribution >= 0.6 is 0 Å². The van der Waals surface area contributed by atoms with E-state index in [1.165, 1.54) is 22.8 Å². The number of nitrogens with zero attached hydrogens (tertiary/aromatic N) is 3. The van der Waals surface area contributed by atoms with Crippen molar-refractivity contribution in [3.63, 3.8) is 0 Å². The van der Waals surface area contributed by atoms with E-state index in [2.05, 4.69) is 33.5 Å². The predicted octanol–water partition coefficient (Wildman–Crippen LogP) is -0.132. The minimum absolute atomic E-state index is 0.144. The lowest BCUT2D eigenvalue weighted by Crippen LogP contribution is -2.71. The summed E-state index contributed by atoms with van der Waals surface area (Å²) in [5.41, 5.74) is 3.58. The number of hydrogen-bond acceptors (Lipinski definition) is 10. The third-order valence-electron chi connectivity index (χ3n) is 10.9. The van der Waals surface area contributed by atoms with Gasteiger partial charge in [-0.3, -0.25) is 28.9 Å². The van der Waals surface area contributed by atoms with Crippen molar-refractivity contribution in [3.8, 4) is 0 Å². The number of aliphatic carboxylic acids is 2. The van der Waals surface area contributed by atoms with Gasteiger partial charge in [0.1, 0.15) is 12.1 Å². The number of aromatic nitrogens is 1. The molecule has 4 aliphatic heterocycles. The number of likely N-dealkylation sites (N-methyl/N-ethyl adjacent to an activating group) is 1.